The summed E-state index contributed by atoms with van der Waals surface area (Å²) in [4.78, 5) is 0. The van der Waals surface area contributed by atoms with Gasteiger partial charge in [-0.25, -0.2) is 0 Å². The molecule has 6 N–H and O–H groups in total. The Labute approximate surface area is 114 Å². The molecular formula is C9H12Br3N3. The van der Waals surface area contributed by atoms with Crippen molar-refractivity contribution in [3.8, 4) is 0 Å². The zero-order valence-electron chi connectivity index (χ0n) is 7.99. The molecule has 1 aromatic carbocycles. The van der Waals surface area contributed by atoms with Crippen molar-refractivity contribution in [3.05, 3.63) is 30.1 Å². The monoisotopic (exact) mass is 399 g/mol. The summed E-state index contributed by atoms with van der Waals surface area (Å²) in [7, 11) is 0. The van der Waals surface area contributed by atoms with Gasteiger partial charge in [0.05, 0.1) is 0 Å². The Balaban J connectivity index is 3.57. The highest BCUT2D eigenvalue weighted by atomic mass is 79.9. The van der Waals surface area contributed by atoms with Crippen LogP contribution in [0.4, 0.5) is 0 Å². The average Bonchev–Trinajstić information content (AvgIpc) is 2.19. The summed E-state index contributed by atoms with van der Waals surface area (Å²) in [5.41, 5.74) is 20.1. The van der Waals surface area contributed by atoms with E-state index in [0.717, 1.165) is 30.1 Å². The van der Waals surface area contributed by atoms with Crippen LogP contribution in [0.1, 0.15) is 16.7 Å². The topological polar surface area (TPSA) is 78.1 Å². The number of benzene rings is 1. The van der Waals surface area contributed by atoms with E-state index in [-0.39, 0.29) is 0 Å². The Hall–Kier alpha value is 0.540. The van der Waals surface area contributed by atoms with Gasteiger partial charge in [0.25, 0.3) is 0 Å². The molecule has 0 amide bonds. The lowest BCUT2D eigenvalue weighted by Crippen LogP contribution is -2.10. The van der Waals surface area contributed by atoms with Crippen molar-refractivity contribution >= 4 is 47.8 Å². The van der Waals surface area contributed by atoms with E-state index >= 15 is 0 Å². The number of rotatable bonds is 3. The van der Waals surface area contributed by atoms with Crippen molar-refractivity contribution < 1.29 is 0 Å². The second-order valence-corrected chi connectivity index (χ2v) is 5.37. The maximum atomic E-state index is 5.69. The summed E-state index contributed by atoms with van der Waals surface area (Å²) < 4.78 is 2.84. The molecule has 0 saturated heterocycles. The van der Waals surface area contributed by atoms with Gasteiger partial charge in [0, 0.05) is 33.1 Å². The lowest BCUT2D eigenvalue weighted by molar-refractivity contribution is 0.952. The highest BCUT2D eigenvalue weighted by Crippen LogP contribution is 2.38. The zero-order valence-corrected chi connectivity index (χ0v) is 12.7. The molecule has 15 heavy (non-hydrogen) atoms. The maximum Gasteiger partial charge on any atom is 0.0287 e. The van der Waals surface area contributed by atoms with Gasteiger partial charge in [-0.1, -0.05) is 47.8 Å². The first-order valence-electron chi connectivity index (χ1n) is 4.35. The van der Waals surface area contributed by atoms with Crippen molar-refractivity contribution in [1.29, 1.82) is 0 Å². The third-order valence-electron chi connectivity index (χ3n) is 2.20. The summed E-state index contributed by atoms with van der Waals surface area (Å²) in [6.45, 7) is 1.32. The second kappa shape index (κ2) is 5.75. The average molecular weight is 402 g/mol. The van der Waals surface area contributed by atoms with E-state index in [1.165, 1.54) is 0 Å². The molecule has 0 heterocycles. The standard InChI is InChI=1S/C9H12Br3N3/c10-7-4(1-13)8(11)6(3-15)9(12)5(7)2-14/h1-3,13-15H2. The van der Waals surface area contributed by atoms with Crippen LogP contribution in [0.15, 0.2) is 13.4 Å². The fraction of sp³-hybridized carbons (Fsp3) is 0.333. The molecule has 3 nitrogen and oxygen atoms in total. The molecule has 0 radical (unpaired) electrons. The van der Waals surface area contributed by atoms with E-state index in [0.29, 0.717) is 19.6 Å². The molecule has 0 saturated carbocycles. The van der Waals surface area contributed by atoms with Gasteiger partial charge >= 0.3 is 0 Å². The Morgan fingerprint density at radius 3 is 0.933 bits per heavy atom. The molecule has 0 unspecified atom stereocenters. The lowest BCUT2D eigenvalue weighted by atomic mass is 10.1. The van der Waals surface area contributed by atoms with Gasteiger partial charge in [-0.2, -0.15) is 0 Å². The summed E-state index contributed by atoms with van der Waals surface area (Å²) in [5, 5.41) is 0. The number of hydrogen-bond donors (Lipinski definition) is 3. The highest BCUT2D eigenvalue weighted by Gasteiger charge is 2.17. The van der Waals surface area contributed by atoms with Crippen LogP contribution >= 0.6 is 47.8 Å². The van der Waals surface area contributed by atoms with Gasteiger partial charge in [-0.05, 0) is 16.7 Å². The summed E-state index contributed by atoms with van der Waals surface area (Å²) in [6.07, 6.45) is 0. The quantitative estimate of drug-likeness (QED) is 0.727. The first-order valence-corrected chi connectivity index (χ1v) is 6.73. The van der Waals surface area contributed by atoms with Crippen molar-refractivity contribution in [2.45, 2.75) is 19.6 Å². The molecule has 0 aliphatic carbocycles. The first-order chi connectivity index (χ1) is 7.08. The maximum absolute atomic E-state index is 5.69. The molecular weight excluding hydrogens is 390 g/mol. The van der Waals surface area contributed by atoms with Crippen LogP contribution in [0.5, 0.6) is 0 Å². The Morgan fingerprint density at radius 2 is 0.800 bits per heavy atom. The molecule has 84 valence electrons. The van der Waals surface area contributed by atoms with E-state index in [9.17, 15) is 0 Å². The number of halogens is 3. The SMILES string of the molecule is NCc1c(Br)c(CN)c(Br)c(CN)c1Br. The minimum Gasteiger partial charge on any atom is -0.326 e. The minimum atomic E-state index is 0.439. The van der Waals surface area contributed by atoms with Gasteiger partial charge in [0.15, 0.2) is 0 Å². The molecule has 1 aromatic rings. The molecule has 0 atom stereocenters. The fourth-order valence-electron chi connectivity index (χ4n) is 1.37. The molecule has 1 rings (SSSR count). The van der Waals surface area contributed by atoms with Gasteiger partial charge in [0.1, 0.15) is 0 Å². The van der Waals surface area contributed by atoms with Gasteiger partial charge in [-0.15, -0.1) is 0 Å². The summed E-state index contributed by atoms with van der Waals surface area (Å²) in [5.74, 6) is 0. The Kier molecular flexibility index (Phi) is 5.21. The van der Waals surface area contributed by atoms with E-state index in [2.05, 4.69) is 47.8 Å². The van der Waals surface area contributed by atoms with Crippen LogP contribution in [0.25, 0.3) is 0 Å². The Bertz CT molecular complexity index is 301. The van der Waals surface area contributed by atoms with Crippen molar-refractivity contribution in [1.82, 2.24) is 0 Å². The van der Waals surface area contributed by atoms with E-state index in [1.54, 1.807) is 0 Å². The molecule has 0 aromatic heterocycles. The fourth-order valence-corrected chi connectivity index (χ4v) is 4.33. The largest absolute Gasteiger partial charge is 0.326 e. The number of hydrogen-bond acceptors (Lipinski definition) is 3. The van der Waals surface area contributed by atoms with Crippen LogP contribution in [-0.4, -0.2) is 0 Å². The minimum absolute atomic E-state index is 0.439. The number of nitrogens with two attached hydrogens (primary N) is 3. The molecule has 0 fully saturated rings. The van der Waals surface area contributed by atoms with Crippen molar-refractivity contribution in [2.75, 3.05) is 0 Å². The lowest BCUT2D eigenvalue weighted by Gasteiger charge is -2.16. The Morgan fingerprint density at radius 1 is 0.600 bits per heavy atom. The van der Waals surface area contributed by atoms with Crippen LogP contribution in [0.2, 0.25) is 0 Å². The predicted molar refractivity (Wildman–Crippen MR) is 73.2 cm³/mol. The van der Waals surface area contributed by atoms with E-state index in [4.69, 9.17) is 17.2 Å². The van der Waals surface area contributed by atoms with Crippen molar-refractivity contribution in [2.24, 2.45) is 17.2 Å². The van der Waals surface area contributed by atoms with E-state index in [1.807, 2.05) is 0 Å². The molecule has 0 bridgehead atoms. The highest BCUT2D eigenvalue weighted by molar-refractivity contribution is 9.11. The molecule has 0 spiro atoms. The third kappa shape index (κ3) is 2.45. The first kappa shape index (κ1) is 13.6. The van der Waals surface area contributed by atoms with Crippen LogP contribution in [-0.2, 0) is 19.6 Å². The van der Waals surface area contributed by atoms with Crippen molar-refractivity contribution in [3.63, 3.8) is 0 Å². The molecule has 0 aliphatic heterocycles. The normalized spacial score (nSPS) is 10.8. The summed E-state index contributed by atoms with van der Waals surface area (Å²) >= 11 is 10.5. The van der Waals surface area contributed by atoms with Crippen LogP contribution in [0, 0.1) is 0 Å². The van der Waals surface area contributed by atoms with Gasteiger partial charge in [-0.3, -0.25) is 0 Å². The van der Waals surface area contributed by atoms with Crippen LogP contribution in [0.3, 0.4) is 0 Å². The second-order valence-electron chi connectivity index (χ2n) is 2.99. The van der Waals surface area contributed by atoms with E-state index < -0.39 is 0 Å². The zero-order chi connectivity index (χ0) is 11.6. The van der Waals surface area contributed by atoms with Gasteiger partial charge < -0.3 is 17.2 Å². The predicted octanol–water partition coefficient (Wildman–Crippen LogP) is 2.35. The molecule has 0 aliphatic rings. The third-order valence-corrected chi connectivity index (χ3v) is 5.07. The van der Waals surface area contributed by atoms with Crippen LogP contribution < -0.4 is 17.2 Å². The summed E-state index contributed by atoms with van der Waals surface area (Å²) in [6, 6.07) is 0. The smallest absolute Gasteiger partial charge is 0.0287 e. The molecule has 6 heteroatoms. The van der Waals surface area contributed by atoms with Gasteiger partial charge in [0.2, 0.25) is 0 Å².